The van der Waals surface area contributed by atoms with Crippen LogP contribution in [0, 0.1) is 11.6 Å². The van der Waals surface area contributed by atoms with Gasteiger partial charge >= 0.3 is 5.97 Å². The maximum Gasteiger partial charge on any atom is 0.319 e. The lowest BCUT2D eigenvalue weighted by Crippen LogP contribution is -2.21. The number of benzene rings is 2. The van der Waals surface area contributed by atoms with Gasteiger partial charge in [0.25, 0.3) is 0 Å². The highest BCUT2D eigenvalue weighted by Crippen LogP contribution is 2.15. The van der Waals surface area contributed by atoms with Gasteiger partial charge in [0, 0.05) is 5.69 Å². The molecule has 0 bridgehead atoms. The van der Waals surface area contributed by atoms with Crippen LogP contribution in [0.4, 0.5) is 14.5 Å². The van der Waals surface area contributed by atoms with Gasteiger partial charge in [-0.1, -0.05) is 12.1 Å². The molecule has 0 spiro atoms. The van der Waals surface area contributed by atoms with E-state index in [9.17, 15) is 18.4 Å². The fourth-order valence-corrected chi connectivity index (χ4v) is 2.53. The molecule has 0 radical (unpaired) electrons. The minimum absolute atomic E-state index is 0.0474. The van der Waals surface area contributed by atoms with Crippen LogP contribution in [-0.2, 0) is 20.9 Å². The fraction of sp³-hybridized carbons (Fsp3) is 0.222. The van der Waals surface area contributed by atoms with E-state index in [2.05, 4.69) is 5.32 Å². The Morgan fingerprint density at radius 3 is 2.20 bits per heavy atom. The second-order valence-corrected chi connectivity index (χ2v) is 6.57. The van der Waals surface area contributed by atoms with E-state index in [1.807, 2.05) is 0 Å². The van der Waals surface area contributed by atoms with Gasteiger partial charge in [-0.15, -0.1) is 11.8 Å². The first-order valence-corrected chi connectivity index (χ1v) is 8.57. The lowest BCUT2D eigenvalue weighted by molar-refractivity contribution is -0.143. The van der Waals surface area contributed by atoms with E-state index in [1.54, 1.807) is 6.92 Å². The molecule has 132 valence electrons. The van der Waals surface area contributed by atoms with Crippen LogP contribution in [0.15, 0.2) is 48.5 Å². The van der Waals surface area contributed by atoms with Crippen molar-refractivity contribution in [2.45, 2.75) is 18.8 Å². The first-order chi connectivity index (χ1) is 11.9. The minimum atomic E-state index is -0.528. The van der Waals surface area contributed by atoms with E-state index >= 15 is 0 Å². The predicted molar refractivity (Wildman–Crippen MR) is 93.1 cm³/mol. The maximum absolute atomic E-state index is 12.8. The first-order valence-electron chi connectivity index (χ1n) is 7.52. The van der Waals surface area contributed by atoms with Gasteiger partial charge in [0.1, 0.15) is 23.5 Å². The molecule has 2 rings (SSSR count). The van der Waals surface area contributed by atoms with Crippen molar-refractivity contribution < 1.29 is 23.1 Å². The van der Waals surface area contributed by atoms with E-state index in [-0.39, 0.29) is 29.9 Å². The molecule has 0 saturated carbocycles. The van der Waals surface area contributed by atoms with E-state index in [0.717, 1.165) is 11.8 Å². The van der Waals surface area contributed by atoms with Crippen molar-refractivity contribution >= 4 is 29.3 Å². The van der Waals surface area contributed by atoms with Gasteiger partial charge in [-0.05, 0) is 48.9 Å². The summed E-state index contributed by atoms with van der Waals surface area (Å²) >= 11 is 1.13. The van der Waals surface area contributed by atoms with Crippen LogP contribution in [-0.4, -0.2) is 22.9 Å². The number of ether oxygens (including phenoxy) is 1. The SMILES string of the molecule is CC(SCC(=O)Nc1ccc(F)cc1)C(=O)OCc1ccc(F)cc1. The van der Waals surface area contributed by atoms with Crippen molar-refractivity contribution in [1.82, 2.24) is 0 Å². The summed E-state index contributed by atoms with van der Waals surface area (Å²) in [6, 6.07) is 11.1. The van der Waals surface area contributed by atoms with Crippen LogP contribution >= 0.6 is 11.8 Å². The zero-order chi connectivity index (χ0) is 18.2. The van der Waals surface area contributed by atoms with Crippen LogP contribution in [0.2, 0.25) is 0 Å². The van der Waals surface area contributed by atoms with Gasteiger partial charge in [-0.3, -0.25) is 9.59 Å². The molecule has 25 heavy (non-hydrogen) atoms. The Labute approximate surface area is 148 Å². The molecule has 1 N–H and O–H groups in total. The highest BCUT2D eigenvalue weighted by atomic mass is 32.2. The Kier molecular flexibility index (Phi) is 6.94. The van der Waals surface area contributed by atoms with E-state index in [1.165, 1.54) is 48.5 Å². The molecular formula is C18H17F2NO3S. The van der Waals surface area contributed by atoms with Crippen molar-refractivity contribution in [3.63, 3.8) is 0 Å². The Balaban J connectivity index is 1.72. The number of rotatable bonds is 7. The third-order valence-electron chi connectivity index (χ3n) is 3.22. The fourth-order valence-electron chi connectivity index (χ4n) is 1.85. The van der Waals surface area contributed by atoms with E-state index in [4.69, 9.17) is 4.74 Å². The van der Waals surface area contributed by atoms with Crippen molar-refractivity contribution in [2.24, 2.45) is 0 Å². The van der Waals surface area contributed by atoms with Crippen molar-refractivity contribution in [1.29, 1.82) is 0 Å². The summed E-state index contributed by atoms with van der Waals surface area (Å²) in [7, 11) is 0. The van der Waals surface area contributed by atoms with E-state index < -0.39 is 11.2 Å². The van der Waals surface area contributed by atoms with Crippen LogP contribution in [0.3, 0.4) is 0 Å². The summed E-state index contributed by atoms with van der Waals surface area (Å²) in [6.07, 6.45) is 0. The Hall–Kier alpha value is -2.41. The standard InChI is InChI=1S/C18H17F2NO3S/c1-12(18(23)24-10-13-2-4-14(19)5-3-13)25-11-17(22)21-16-8-6-15(20)7-9-16/h2-9,12H,10-11H2,1H3,(H,21,22). The van der Waals surface area contributed by atoms with Gasteiger partial charge in [-0.2, -0.15) is 0 Å². The highest BCUT2D eigenvalue weighted by Gasteiger charge is 2.17. The first kappa shape index (κ1) is 18.9. The average molecular weight is 365 g/mol. The number of hydrogen-bond acceptors (Lipinski definition) is 4. The second kappa shape index (κ2) is 9.17. The van der Waals surface area contributed by atoms with Gasteiger partial charge in [0.15, 0.2) is 0 Å². The summed E-state index contributed by atoms with van der Waals surface area (Å²) in [6.45, 7) is 1.69. The third-order valence-corrected chi connectivity index (χ3v) is 4.34. The molecule has 1 amide bonds. The smallest absolute Gasteiger partial charge is 0.319 e. The van der Waals surface area contributed by atoms with Crippen molar-refractivity contribution in [3.8, 4) is 0 Å². The molecule has 0 saturated heterocycles. The van der Waals surface area contributed by atoms with Crippen molar-refractivity contribution in [3.05, 3.63) is 65.7 Å². The monoisotopic (exact) mass is 365 g/mol. The van der Waals surface area contributed by atoms with Crippen LogP contribution in [0.5, 0.6) is 0 Å². The summed E-state index contributed by atoms with van der Waals surface area (Å²) < 4.78 is 30.7. The molecule has 0 aliphatic heterocycles. The number of hydrogen-bond donors (Lipinski definition) is 1. The van der Waals surface area contributed by atoms with Crippen LogP contribution < -0.4 is 5.32 Å². The molecule has 0 fully saturated rings. The van der Waals surface area contributed by atoms with Gasteiger partial charge < -0.3 is 10.1 Å². The highest BCUT2D eigenvalue weighted by molar-refractivity contribution is 8.01. The summed E-state index contributed by atoms with van der Waals surface area (Å²) in [4.78, 5) is 23.7. The topological polar surface area (TPSA) is 55.4 Å². The predicted octanol–water partition coefficient (Wildman–Crippen LogP) is 3.77. The van der Waals surface area contributed by atoms with Crippen LogP contribution in [0.25, 0.3) is 0 Å². The summed E-state index contributed by atoms with van der Waals surface area (Å²) in [5, 5.41) is 2.08. The minimum Gasteiger partial charge on any atom is -0.460 e. The number of esters is 1. The van der Waals surface area contributed by atoms with Crippen molar-refractivity contribution in [2.75, 3.05) is 11.1 Å². The zero-order valence-electron chi connectivity index (χ0n) is 13.5. The van der Waals surface area contributed by atoms with Gasteiger partial charge in [0.2, 0.25) is 5.91 Å². The Morgan fingerprint density at radius 1 is 1.04 bits per heavy atom. The summed E-state index contributed by atoms with van der Waals surface area (Å²) in [5.41, 5.74) is 1.17. The van der Waals surface area contributed by atoms with Crippen LogP contribution in [0.1, 0.15) is 12.5 Å². The Bertz CT molecular complexity index is 720. The second-order valence-electron chi connectivity index (χ2n) is 5.24. The zero-order valence-corrected chi connectivity index (χ0v) is 14.3. The molecule has 0 aliphatic carbocycles. The number of nitrogens with one attached hydrogen (secondary N) is 1. The largest absolute Gasteiger partial charge is 0.460 e. The lowest BCUT2D eigenvalue weighted by atomic mass is 10.2. The molecular weight excluding hydrogens is 348 g/mol. The number of halogens is 2. The molecule has 2 aromatic carbocycles. The average Bonchev–Trinajstić information content (AvgIpc) is 2.61. The molecule has 0 heterocycles. The molecule has 1 atom stereocenters. The molecule has 4 nitrogen and oxygen atoms in total. The third kappa shape index (κ3) is 6.54. The molecule has 0 aliphatic rings. The summed E-state index contributed by atoms with van der Waals surface area (Å²) in [5.74, 6) is -1.43. The van der Waals surface area contributed by atoms with E-state index in [0.29, 0.717) is 11.3 Å². The molecule has 7 heteroatoms. The maximum atomic E-state index is 12.8. The number of amides is 1. The number of anilines is 1. The quantitative estimate of drug-likeness (QED) is 0.759. The number of carbonyl (C=O) groups excluding carboxylic acids is 2. The van der Waals surface area contributed by atoms with Gasteiger partial charge in [-0.25, -0.2) is 8.78 Å². The lowest BCUT2D eigenvalue weighted by Gasteiger charge is -2.11. The molecule has 2 aromatic rings. The number of thioether (sulfide) groups is 1. The Morgan fingerprint density at radius 2 is 1.60 bits per heavy atom. The van der Waals surface area contributed by atoms with Gasteiger partial charge in [0.05, 0.1) is 5.75 Å². The molecule has 0 aromatic heterocycles. The number of carbonyl (C=O) groups is 2. The normalized spacial score (nSPS) is 11.6. The molecule has 1 unspecified atom stereocenters.